The molecule has 0 fully saturated rings. The monoisotopic (exact) mass is 344 g/mol. The summed E-state index contributed by atoms with van der Waals surface area (Å²) in [7, 11) is 0. The Balaban J connectivity index is 2.12. The maximum Gasteiger partial charge on any atom is 0.332 e. The standard InChI is InChI=1S/C18H20N2O3S/c1-12-11-24-17-15(12)16(22)20(10-13(2)21)18(23)19(17)9-8-14-6-4-3-5-7-14/h3-7,11,13,21H,8-10H2,1-2H3. The fourth-order valence-corrected chi connectivity index (χ4v) is 3.92. The topological polar surface area (TPSA) is 64.2 Å². The number of hydrogen-bond donors (Lipinski definition) is 1. The fourth-order valence-electron chi connectivity index (χ4n) is 2.85. The summed E-state index contributed by atoms with van der Waals surface area (Å²) in [5.41, 5.74) is 1.34. The zero-order chi connectivity index (χ0) is 17.3. The summed E-state index contributed by atoms with van der Waals surface area (Å²) in [5.74, 6) is 0. The largest absolute Gasteiger partial charge is 0.392 e. The number of thiophene rings is 1. The van der Waals surface area contributed by atoms with Crippen LogP contribution in [-0.2, 0) is 19.5 Å². The minimum Gasteiger partial charge on any atom is -0.392 e. The van der Waals surface area contributed by atoms with Crippen molar-refractivity contribution in [3.63, 3.8) is 0 Å². The van der Waals surface area contributed by atoms with Crippen molar-refractivity contribution >= 4 is 21.6 Å². The third-order valence-electron chi connectivity index (χ3n) is 4.04. The molecule has 0 saturated carbocycles. The van der Waals surface area contributed by atoms with Gasteiger partial charge in [0.05, 0.1) is 18.0 Å². The van der Waals surface area contributed by atoms with Crippen molar-refractivity contribution in [1.29, 1.82) is 0 Å². The van der Waals surface area contributed by atoms with Gasteiger partial charge in [-0.15, -0.1) is 11.3 Å². The Labute approximate surface area is 143 Å². The SMILES string of the molecule is Cc1csc2c1c(=O)n(CC(C)O)c(=O)n2CCc1ccccc1. The first-order valence-corrected chi connectivity index (χ1v) is 8.80. The molecule has 1 aromatic carbocycles. The molecule has 3 aromatic rings. The zero-order valence-electron chi connectivity index (χ0n) is 13.7. The lowest BCUT2D eigenvalue weighted by atomic mass is 10.1. The second kappa shape index (κ2) is 6.75. The van der Waals surface area contributed by atoms with Gasteiger partial charge in [0, 0.05) is 6.54 Å². The lowest BCUT2D eigenvalue weighted by Crippen LogP contribution is -2.42. The molecular weight excluding hydrogens is 324 g/mol. The van der Waals surface area contributed by atoms with Gasteiger partial charge in [0.25, 0.3) is 5.56 Å². The Kier molecular flexibility index (Phi) is 4.69. The van der Waals surface area contributed by atoms with Gasteiger partial charge in [-0.3, -0.25) is 13.9 Å². The van der Waals surface area contributed by atoms with Crippen molar-refractivity contribution in [3.8, 4) is 0 Å². The number of nitrogens with zero attached hydrogens (tertiary/aromatic N) is 2. The van der Waals surface area contributed by atoms with Crippen molar-refractivity contribution < 1.29 is 5.11 Å². The van der Waals surface area contributed by atoms with E-state index in [0.717, 1.165) is 15.7 Å². The van der Waals surface area contributed by atoms with Gasteiger partial charge in [-0.1, -0.05) is 30.3 Å². The highest BCUT2D eigenvalue weighted by Crippen LogP contribution is 2.21. The normalized spacial score (nSPS) is 12.6. The summed E-state index contributed by atoms with van der Waals surface area (Å²) in [6, 6.07) is 9.94. The van der Waals surface area contributed by atoms with Crippen LogP contribution >= 0.6 is 11.3 Å². The summed E-state index contributed by atoms with van der Waals surface area (Å²) >= 11 is 1.42. The first kappa shape index (κ1) is 16.7. The van der Waals surface area contributed by atoms with Gasteiger partial charge in [-0.05, 0) is 36.8 Å². The van der Waals surface area contributed by atoms with Crippen LogP contribution in [-0.4, -0.2) is 20.3 Å². The van der Waals surface area contributed by atoms with Crippen LogP contribution in [0, 0.1) is 6.92 Å². The molecule has 2 aromatic heterocycles. The first-order chi connectivity index (χ1) is 11.5. The lowest BCUT2D eigenvalue weighted by Gasteiger charge is -2.13. The van der Waals surface area contributed by atoms with Crippen LogP contribution in [0.5, 0.6) is 0 Å². The molecule has 0 spiro atoms. The van der Waals surface area contributed by atoms with Crippen LogP contribution in [0.4, 0.5) is 0 Å². The van der Waals surface area contributed by atoms with E-state index in [-0.39, 0.29) is 17.8 Å². The second-order valence-corrected chi connectivity index (χ2v) is 6.89. The summed E-state index contributed by atoms with van der Waals surface area (Å²) in [6.07, 6.45) is -0.0472. The number of aromatic nitrogens is 2. The average Bonchev–Trinajstić information content (AvgIpc) is 2.94. The van der Waals surface area contributed by atoms with Crippen LogP contribution in [0.1, 0.15) is 18.1 Å². The number of rotatable bonds is 5. The molecule has 24 heavy (non-hydrogen) atoms. The van der Waals surface area contributed by atoms with Crippen LogP contribution in [0.3, 0.4) is 0 Å². The van der Waals surface area contributed by atoms with Crippen molar-refractivity contribution in [1.82, 2.24) is 9.13 Å². The van der Waals surface area contributed by atoms with Crippen molar-refractivity contribution in [2.75, 3.05) is 0 Å². The van der Waals surface area contributed by atoms with Gasteiger partial charge in [0.15, 0.2) is 0 Å². The maximum atomic E-state index is 12.8. The van der Waals surface area contributed by atoms with E-state index in [9.17, 15) is 14.7 Å². The Bertz CT molecular complexity index is 968. The van der Waals surface area contributed by atoms with E-state index < -0.39 is 6.10 Å². The summed E-state index contributed by atoms with van der Waals surface area (Å²) < 4.78 is 2.81. The molecule has 5 nitrogen and oxygen atoms in total. The number of aliphatic hydroxyl groups excluding tert-OH is 1. The van der Waals surface area contributed by atoms with E-state index in [1.807, 2.05) is 42.6 Å². The van der Waals surface area contributed by atoms with E-state index in [1.54, 1.807) is 11.5 Å². The van der Waals surface area contributed by atoms with E-state index in [0.29, 0.717) is 23.2 Å². The van der Waals surface area contributed by atoms with Gasteiger partial charge in [-0.2, -0.15) is 0 Å². The molecule has 2 heterocycles. The Morgan fingerprint density at radius 2 is 1.88 bits per heavy atom. The predicted octanol–water partition coefficient (Wildman–Crippen LogP) is 2.16. The smallest absolute Gasteiger partial charge is 0.332 e. The minimum absolute atomic E-state index is 0.00816. The number of aliphatic hydroxyl groups is 1. The predicted molar refractivity (Wildman–Crippen MR) is 96.9 cm³/mol. The molecule has 0 bridgehead atoms. The molecule has 3 rings (SSSR count). The molecule has 0 aliphatic heterocycles. The molecule has 1 atom stereocenters. The quantitative estimate of drug-likeness (QED) is 0.771. The zero-order valence-corrected chi connectivity index (χ0v) is 14.5. The highest BCUT2D eigenvalue weighted by molar-refractivity contribution is 7.17. The molecule has 1 N–H and O–H groups in total. The van der Waals surface area contributed by atoms with E-state index in [1.165, 1.54) is 11.3 Å². The third kappa shape index (κ3) is 3.07. The van der Waals surface area contributed by atoms with Crippen LogP contribution in [0.2, 0.25) is 0 Å². The molecule has 6 heteroatoms. The Morgan fingerprint density at radius 1 is 1.17 bits per heavy atom. The lowest BCUT2D eigenvalue weighted by molar-refractivity contribution is 0.169. The summed E-state index contributed by atoms with van der Waals surface area (Å²) in [5, 5.41) is 12.1. The number of hydrogen-bond acceptors (Lipinski definition) is 4. The summed E-state index contributed by atoms with van der Waals surface area (Å²) in [6.45, 7) is 3.96. The van der Waals surface area contributed by atoms with Gasteiger partial charge in [0.2, 0.25) is 0 Å². The van der Waals surface area contributed by atoms with Crippen molar-refractivity contribution in [2.45, 2.75) is 39.5 Å². The van der Waals surface area contributed by atoms with E-state index in [2.05, 4.69) is 0 Å². The highest BCUT2D eigenvalue weighted by Gasteiger charge is 2.17. The minimum atomic E-state index is -0.755. The first-order valence-electron chi connectivity index (χ1n) is 7.92. The highest BCUT2D eigenvalue weighted by atomic mass is 32.1. The maximum absolute atomic E-state index is 12.8. The molecule has 126 valence electrons. The van der Waals surface area contributed by atoms with Gasteiger partial charge < -0.3 is 5.11 Å². The Morgan fingerprint density at radius 3 is 2.54 bits per heavy atom. The Hall–Kier alpha value is -2.18. The number of fused-ring (bicyclic) bond motifs is 1. The molecule has 0 saturated heterocycles. The van der Waals surface area contributed by atoms with Gasteiger partial charge in [-0.25, -0.2) is 4.79 Å². The molecule has 0 aliphatic rings. The molecular formula is C18H20N2O3S. The van der Waals surface area contributed by atoms with E-state index >= 15 is 0 Å². The molecule has 0 aliphatic carbocycles. The third-order valence-corrected chi connectivity index (χ3v) is 5.15. The summed E-state index contributed by atoms with van der Waals surface area (Å²) in [4.78, 5) is 26.1. The van der Waals surface area contributed by atoms with Crippen LogP contribution in [0.15, 0.2) is 45.3 Å². The van der Waals surface area contributed by atoms with Crippen LogP contribution in [0.25, 0.3) is 10.2 Å². The molecule has 0 radical (unpaired) electrons. The van der Waals surface area contributed by atoms with E-state index in [4.69, 9.17) is 0 Å². The van der Waals surface area contributed by atoms with Gasteiger partial charge >= 0.3 is 5.69 Å². The number of aryl methyl sites for hydroxylation is 3. The molecule has 1 unspecified atom stereocenters. The number of benzene rings is 1. The second-order valence-electron chi connectivity index (χ2n) is 6.03. The average molecular weight is 344 g/mol. The molecule has 0 amide bonds. The van der Waals surface area contributed by atoms with Crippen molar-refractivity contribution in [3.05, 3.63) is 67.7 Å². The van der Waals surface area contributed by atoms with Crippen molar-refractivity contribution in [2.24, 2.45) is 0 Å². The fraction of sp³-hybridized carbons (Fsp3) is 0.333. The van der Waals surface area contributed by atoms with Crippen LogP contribution < -0.4 is 11.2 Å². The van der Waals surface area contributed by atoms with Gasteiger partial charge in [0.1, 0.15) is 4.83 Å².